The fourth-order valence-corrected chi connectivity index (χ4v) is 2.48. The number of carbonyl (C=O) groups excluding carboxylic acids is 1. The molecule has 1 rings (SSSR count). The van der Waals surface area contributed by atoms with Crippen molar-refractivity contribution in [3.8, 4) is 5.75 Å². The third-order valence-corrected chi connectivity index (χ3v) is 4.44. The zero-order valence-electron chi connectivity index (χ0n) is 14.6. The monoisotopic (exact) mass is 321 g/mol. The van der Waals surface area contributed by atoms with E-state index in [0.29, 0.717) is 18.5 Å². The van der Waals surface area contributed by atoms with Crippen molar-refractivity contribution in [2.75, 3.05) is 5.32 Å². The molecule has 0 radical (unpaired) electrons. The molecule has 0 fully saturated rings. The van der Waals surface area contributed by atoms with Crippen molar-refractivity contribution >= 4 is 17.6 Å². The molecule has 0 atom stereocenters. The molecule has 1 aromatic rings. The highest BCUT2D eigenvalue weighted by molar-refractivity contribution is 5.95. The van der Waals surface area contributed by atoms with E-state index in [9.17, 15) is 19.8 Å². The van der Waals surface area contributed by atoms with Crippen molar-refractivity contribution in [3.63, 3.8) is 0 Å². The lowest BCUT2D eigenvalue weighted by Crippen LogP contribution is -2.34. The predicted octanol–water partition coefficient (Wildman–Crippen LogP) is 3.91. The zero-order valence-corrected chi connectivity index (χ0v) is 14.6. The quantitative estimate of drug-likeness (QED) is 0.693. The first-order valence-electron chi connectivity index (χ1n) is 7.92. The van der Waals surface area contributed by atoms with Gasteiger partial charge in [0.15, 0.2) is 0 Å². The third kappa shape index (κ3) is 4.47. The Morgan fingerprint density at radius 2 is 1.70 bits per heavy atom. The number of benzene rings is 1. The minimum atomic E-state index is -1.07. The standard InChI is InChI=1S/C18H27NO4/c1-6-18(7-2,16(22)23)11-15(21)19-13-10-12(17(3,4)5)8-9-14(13)20/h8-10,20H,6-7,11H2,1-5H3,(H,19,21)(H,22,23). The van der Waals surface area contributed by atoms with Gasteiger partial charge < -0.3 is 15.5 Å². The van der Waals surface area contributed by atoms with Gasteiger partial charge in [-0.2, -0.15) is 0 Å². The average Bonchev–Trinajstić information content (AvgIpc) is 2.45. The van der Waals surface area contributed by atoms with Crippen molar-refractivity contribution < 1.29 is 19.8 Å². The second-order valence-electron chi connectivity index (χ2n) is 7.00. The van der Waals surface area contributed by atoms with Crippen molar-refractivity contribution in [2.24, 2.45) is 5.41 Å². The molecule has 1 amide bonds. The first kappa shape index (κ1) is 19.0. The maximum atomic E-state index is 12.3. The number of carboxylic acids is 1. The minimum absolute atomic E-state index is 0.0275. The number of amides is 1. The van der Waals surface area contributed by atoms with E-state index in [2.05, 4.69) is 5.32 Å². The van der Waals surface area contributed by atoms with Gasteiger partial charge >= 0.3 is 5.97 Å². The molecule has 0 bridgehead atoms. The van der Waals surface area contributed by atoms with E-state index in [-0.39, 0.29) is 17.6 Å². The predicted molar refractivity (Wildman–Crippen MR) is 90.7 cm³/mol. The summed E-state index contributed by atoms with van der Waals surface area (Å²) in [5.41, 5.74) is 0.0987. The van der Waals surface area contributed by atoms with E-state index >= 15 is 0 Å². The Hall–Kier alpha value is -2.04. The normalized spacial score (nSPS) is 12.0. The summed E-state index contributed by atoms with van der Waals surface area (Å²) in [7, 11) is 0. The second-order valence-corrected chi connectivity index (χ2v) is 7.00. The summed E-state index contributed by atoms with van der Waals surface area (Å²) in [6.07, 6.45) is 0.634. The number of nitrogens with one attached hydrogen (secondary N) is 1. The fraction of sp³-hybridized carbons (Fsp3) is 0.556. The van der Waals surface area contributed by atoms with Gasteiger partial charge in [0, 0.05) is 6.42 Å². The highest BCUT2D eigenvalue weighted by atomic mass is 16.4. The summed E-state index contributed by atoms with van der Waals surface area (Å²) < 4.78 is 0. The van der Waals surface area contributed by atoms with E-state index in [1.165, 1.54) is 0 Å². The minimum Gasteiger partial charge on any atom is -0.506 e. The molecule has 5 heteroatoms. The van der Waals surface area contributed by atoms with Crippen LogP contribution in [0.5, 0.6) is 5.75 Å². The van der Waals surface area contributed by atoms with E-state index in [1.54, 1.807) is 26.0 Å². The summed E-state index contributed by atoms with van der Waals surface area (Å²) in [5.74, 6) is -1.40. The Morgan fingerprint density at radius 1 is 1.13 bits per heavy atom. The molecule has 128 valence electrons. The van der Waals surface area contributed by atoms with Crippen LogP contribution in [0.25, 0.3) is 0 Å². The first-order valence-corrected chi connectivity index (χ1v) is 7.92. The molecule has 0 heterocycles. The molecule has 0 saturated heterocycles. The maximum Gasteiger partial charge on any atom is 0.310 e. The lowest BCUT2D eigenvalue weighted by molar-refractivity contribution is -0.151. The average molecular weight is 321 g/mol. The fourth-order valence-electron chi connectivity index (χ4n) is 2.48. The number of phenols is 1. The zero-order chi connectivity index (χ0) is 17.8. The maximum absolute atomic E-state index is 12.3. The molecule has 3 N–H and O–H groups in total. The van der Waals surface area contributed by atoms with Gasteiger partial charge in [0.05, 0.1) is 11.1 Å². The SMILES string of the molecule is CCC(CC)(CC(=O)Nc1cc(C(C)(C)C)ccc1O)C(=O)O. The van der Waals surface area contributed by atoms with Crippen molar-refractivity contribution in [2.45, 2.75) is 59.3 Å². The van der Waals surface area contributed by atoms with Crippen molar-refractivity contribution in [3.05, 3.63) is 23.8 Å². The summed E-state index contributed by atoms with van der Waals surface area (Å²) in [6.45, 7) is 9.64. The summed E-state index contributed by atoms with van der Waals surface area (Å²) in [5, 5.41) is 22.0. The van der Waals surface area contributed by atoms with Crippen molar-refractivity contribution in [1.29, 1.82) is 0 Å². The van der Waals surface area contributed by atoms with Gasteiger partial charge in [0.2, 0.25) is 5.91 Å². The largest absolute Gasteiger partial charge is 0.506 e. The van der Waals surface area contributed by atoms with Crippen LogP contribution in [0, 0.1) is 5.41 Å². The molecular weight excluding hydrogens is 294 g/mol. The highest BCUT2D eigenvalue weighted by Crippen LogP contribution is 2.34. The topological polar surface area (TPSA) is 86.6 Å². The Balaban J connectivity index is 2.99. The second kappa shape index (κ2) is 7.02. The number of hydrogen-bond acceptors (Lipinski definition) is 3. The van der Waals surface area contributed by atoms with E-state index in [1.807, 2.05) is 26.8 Å². The first-order chi connectivity index (χ1) is 10.6. The molecule has 0 aromatic heterocycles. The molecule has 0 saturated carbocycles. The molecule has 5 nitrogen and oxygen atoms in total. The number of rotatable bonds is 6. The van der Waals surface area contributed by atoms with Crippen LogP contribution in [0.1, 0.15) is 59.4 Å². The van der Waals surface area contributed by atoms with Gasteiger partial charge in [-0.3, -0.25) is 9.59 Å². The van der Waals surface area contributed by atoms with Crippen LogP contribution < -0.4 is 5.32 Å². The van der Waals surface area contributed by atoms with Crippen LogP contribution in [0.15, 0.2) is 18.2 Å². The smallest absolute Gasteiger partial charge is 0.310 e. The Kier molecular flexibility index (Phi) is 5.81. The van der Waals surface area contributed by atoms with Gasteiger partial charge in [-0.1, -0.05) is 40.7 Å². The lowest BCUT2D eigenvalue weighted by Gasteiger charge is -2.26. The number of carboxylic acid groups (broad SMARTS) is 1. The summed E-state index contributed by atoms with van der Waals surface area (Å²) >= 11 is 0. The number of aliphatic carboxylic acids is 1. The van der Waals surface area contributed by atoms with Crippen LogP contribution in [-0.4, -0.2) is 22.1 Å². The number of anilines is 1. The molecule has 0 aliphatic rings. The van der Waals surface area contributed by atoms with Gasteiger partial charge in [-0.25, -0.2) is 0 Å². The van der Waals surface area contributed by atoms with Gasteiger partial charge in [0.25, 0.3) is 0 Å². The molecule has 0 aliphatic heterocycles. The van der Waals surface area contributed by atoms with Gasteiger partial charge in [-0.05, 0) is 36.0 Å². The van der Waals surface area contributed by atoms with Crippen LogP contribution >= 0.6 is 0 Å². The van der Waals surface area contributed by atoms with Crippen LogP contribution in [0.3, 0.4) is 0 Å². The van der Waals surface area contributed by atoms with Crippen LogP contribution in [0.2, 0.25) is 0 Å². The van der Waals surface area contributed by atoms with Crippen molar-refractivity contribution in [1.82, 2.24) is 0 Å². The van der Waals surface area contributed by atoms with Crippen LogP contribution in [-0.2, 0) is 15.0 Å². The van der Waals surface area contributed by atoms with E-state index in [4.69, 9.17) is 0 Å². The number of phenolic OH excluding ortho intramolecular Hbond substituents is 1. The number of hydrogen-bond donors (Lipinski definition) is 3. The third-order valence-electron chi connectivity index (χ3n) is 4.44. The van der Waals surface area contributed by atoms with Gasteiger partial charge in [0.1, 0.15) is 5.75 Å². The Labute approximate surface area is 137 Å². The summed E-state index contributed by atoms with van der Waals surface area (Å²) in [6, 6.07) is 5.08. The number of aromatic hydroxyl groups is 1. The molecule has 23 heavy (non-hydrogen) atoms. The molecular formula is C18H27NO4. The molecule has 0 unspecified atom stereocenters. The Bertz CT molecular complexity index is 583. The van der Waals surface area contributed by atoms with E-state index < -0.39 is 17.3 Å². The summed E-state index contributed by atoms with van der Waals surface area (Å²) in [4.78, 5) is 23.8. The van der Waals surface area contributed by atoms with Gasteiger partial charge in [-0.15, -0.1) is 0 Å². The lowest BCUT2D eigenvalue weighted by atomic mass is 9.79. The van der Waals surface area contributed by atoms with Crippen LogP contribution in [0.4, 0.5) is 5.69 Å². The highest BCUT2D eigenvalue weighted by Gasteiger charge is 2.37. The molecule has 0 aliphatic carbocycles. The molecule has 1 aromatic carbocycles. The van der Waals surface area contributed by atoms with E-state index in [0.717, 1.165) is 5.56 Å². The molecule has 0 spiro atoms. The number of carbonyl (C=O) groups is 2. The Morgan fingerprint density at radius 3 is 2.13 bits per heavy atom.